The van der Waals surface area contributed by atoms with E-state index in [0.717, 1.165) is 0 Å². The van der Waals surface area contributed by atoms with Crippen LogP contribution in [0.3, 0.4) is 0 Å². The molecule has 1 amide bonds. The van der Waals surface area contributed by atoms with Gasteiger partial charge in [-0.25, -0.2) is 4.79 Å². The SMILES string of the molecule is O=CNC(COC(=O)CCCC(O)CO)COC(=O)C(O)C(O)C(O)CCO. The van der Waals surface area contributed by atoms with Gasteiger partial charge in [0.15, 0.2) is 6.10 Å². The zero-order valence-corrected chi connectivity index (χ0v) is 15.3. The highest BCUT2D eigenvalue weighted by molar-refractivity contribution is 5.75. The van der Waals surface area contributed by atoms with Gasteiger partial charge < -0.3 is 45.4 Å². The number of esters is 2. The van der Waals surface area contributed by atoms with Crippen LogP contribution in [0.5, 0.6) is 0 Å². The summed E-state index contributed by atoms with van der Waals surface area (Å²) in [6.07, 6.45) is -5.91. The van der Waals surface area contributed by atoms with Crippen LogP contribution in [0.2, 0.25) is 0 Å². The number of nitrogens with one attached hydrogen (secondary N) is 1. The monoisotopic (exact) mass is 411 g/mol. The van der Waals surface area contributed by atoms with Crippen molar-refractivity contribution in [2.24, 2.45) is 0 Å². The minimum absolute atomic E-state index is 0.0295. The summed E-state index contributed by atoms with van der Waals surface area (Å²) in [5, 5.41) is 57.4. The zero-order valence-electron chi connectivity index (χ0n) is 15.3. The van der Waals surface area contributed by atoms with Crippen molar-refractivity contribution in [3.63, 3.8) is 0 Å². The molecule has 0 rings (SSSR count). The summed E-state index contributed by atoms with van der Waals surface area (Å²) in [7, 11) is 0. The molecule has 0 spiro atoms. The fraction of sp³-hybridized carbons (Fsp3) is 0.812. The molecule has 28 heavy (non-hydrogen) atoms. The van der Waals surface area contributed by atoms with E-state index in [4.69, 9.17) is 24.8 Å². The Morgan fingerprint density at radius 1 is 1.00 bits per heavy atom. The second-order valence-corrected chi connectivity index (χ2v) is 6.04. The van der Waals surface area contributed by atoms with E-state index in [-0.39, 0.29) is 32.3 Å². The molecule has 0 aliphatic heterocycles. The number of aliphatic hydroxyl groups is 6. The van der Waals surface area contributed by atoms with Gasteiger partial charge in [0.1, 0.15) is 19.3 Å². The second kappa shape index (κ2) is 15.1. The maximum Gasteiger partial charge on any atom is 0.337 e. The van der Waals surface area contributed by atoms with Gasteiger partial charge in [-0.05, 0) is 19.3 Å². The van der Waals surface area contributed by atoms with Gasteiger partial charge in [-0.15, -0.1) is 0 Å². The van der Waals surface area contributed by atoms with Crippen molar-refractivity contribution in [1.29, 1.82) is 0 Å². The molecule has 12 heteroatoms. The lowest BCUT2D eigenvalue weighted by Crippen LogP contribution is -2.45. The van der Waals surface area contributed by atoms with E-state index in [2.05, 4.69) is 5.32 Å². The molecule has 7 N–H and O–H groups in total. The molecule has 5 unspecified atom stereocenters. The molecule has 0 bridgehead atoms. The molecule has 12 nitrogen and oxygen atoms in total. The Bertz CT molecular complexity index is 462. The lowest BCUT2D eigenvalue weighted by atomic mass is 10.1. The standard InChI is InChI=1S/C16H29NO11/c18-5-4-12(22)14(24)15(25)16(26)28-8-10(17-9-20)7-27-13(23)3-1-2-11(21)6-19/h9-12,14-15,18-19,21-22,24-25H,1-8H2,(H,17,20). The van der Waals surface area contributed by atoms with Crippen LogP contribution in [0, 0.1) is 0 Å². The third kappa shape index (κ3) is 11.1. The van der Waals surface area contributed by atoms with E-state index < -0.39 is 62.2 Å². The van der Waals surface area contributed by atoms with Crippen LogP contribution in [-0.4, -0.2) is 106 Å². The first kappa shape index (κ1) is 26.2. The molecular weight excluding hydrogens is 382 g/mol. The average Bonchev–Trinajstić information content (AvgIpc) is 2.68. The van der Waals surface area contributed by atoms with Crippen molar-refractivity contribution < 1.29 is 54.5 Å². The molecule has 0 saturated carbocycles. The second-order valence-electron chi connectivity index (χ2n) is 6.04. The summed E-state index contributed by atoms with van der Waals surface area (Å²) in [4.78, 5) is 33.9. The van der Waals surface area contributed by atoms with Gasteiger partial charge in [0.2, 0.25) is 6.41 Å². The quantitative estimate of drug-likeness (QED) is 0.0968. The Labute approximate surface area is 161 Å². The number of hydrogen-bond donors (Lipinski definition) is 7. The van der Waals surface area contributed by atoms with Crippen molar-refractivity contribution in [2.75, 3.05) is 26.4 Å². The maximum atomic E-state index is 11.7. The fourth-order valence-electron chi connectivity index (χ4n) is 2.00. The van der Waals surface area contributed by atoms with Gasteiger partial charge in [-0.1, -0.05) is 0 Å². The predicted molar refractivity (Wildman–Crippen MR) is 91.6 cm³/mol. The summed E-state index contributed by atoms with van der Waals surface area (Å²) in [6, 6.07) is -0.917. The van der Waals surface area contributed by atoms with Crippen LogP contribution in [0.25, 0.3) is 0 Å². The highest BCUT2D eigenvalue weighted by Gasteiger charge is 2.31. The number of carbonyl (C=O) groups is 3. The molecule has 0 aromatic rings. The number of ether oxygens (including phenoxy) is 2. The Balaban J connectivity index is 4.33. The molecule has 0 aromatic heterocycles. The Kier molecular flexibility index (Phi) is 14.1. The first-order valence-corrected chi connectivity index (χ1v) is 8.72. The third-order valence-electron chi connectivity index (χ3n) is 3.69. The van der Waals surface area contributed by atoms with Gasteiger partial charge in [0, 0.05) is 13.0 Å². The van der Waals surface area contributed by atoms with Gasteiger partial charge in [0.25, 0.3) is 0 Å². The molecule has 0 radical (unpaired) electrons. The lowest BCUT2D eigenvalue weighted by Gasteiger charge is -2.22. The Morgan fingerprint density at radius 2 is 1.64 bits per heavy atom. The summed E-state index contributed by atoms with van der Waals surface area (Å²) in [5.41, 5.74) is 0. The molecule has 5 atom stereocenters. The Morgan fingerprint density at radius 3 is 2.21 bits per heavy atom. The fourth-order valence-corrected chi connectivity index (χ4v) is 2.00. The topological polar surface area (TPSA) is 203 Å². The van der Waals surface area contributed by atoms with Crippen LogP contribution in [-0.2, 0) is 23.9 Å². The molecular formula is C16H29NO11. The van der Waals surface area contributed by atoms with E-state index in [1.807, 2.05) is 0 Å². The minimum Gasteiger partial charge on any atom is -0.463 e. The van der Waals surface area contributed by atoms with Crippen LogP contribution < -0.4 is 5.32 Å². The van der Waals surface area contributed by atoms with Crippen LogP contribution in [0.15, 0.2) is 0 Å². The number of hydrogen-bond acceptors (Lipinski definition) is 11. The molecule has 0 aromatic carbocycles. The molecule has 0 heterocycles. The maximum absolute atomic E-state index is 11.7. The number of aliphatic hydroxyl groups excluding tert-OH is 6. The molecule has 0 aliphatic rings. The highest BCUT2D eigenvalue weighted by atomic mass is 16.6. The Hall–Kier alpha value is -1.83. The largest absolute Gasteiger partial charge is 0.463 e. The summed E-state index contributed by atoms with van der Waals surface area (Å²) < 4.78 is 9.64. The van der Waals surface area contributed by atoms with Gasteiger partial charge in [-0.3, -0.25) is 9.59 Å². The van der Waals surface area contributed by atoms with Crippen LogP contribution in [0.1, 0.15) is 25.7 Å². The third-order valence-corrected chi connectivity index (χ3v) is 3.69. The lowest BCUT2D eigenvalue weighted by molar-refractivity contribution is -0.166. The predicted octanol–water partition coefficient (Wildman–Crippen LogP) is -3.82. The number of rotatable bonds is 16. The van der Waals surface area contributed by atoms with Crippen molar-refractivity contribution in [3.05, 3.63) is 0 Å². The van der Waals surface area contributed by atoms with Crippen LogP contribution in [0.4, 0.5) is 0 Å². The number of amides is 1. The molecule has 0 saturated heterocycles. The first-order valence-electron chi connectivity index (χ1n) is 8.72. The summed E-state index contributed by atoms with van der Waals surface area (Å²) in [5.74, 6) is -1.90. The van der Waals surface area contributed by atoms with Crippen molar-refractivity contribution >= 4 is 18.3 Å². The number of carbonyl (C=O) groups excluding carboxylic acids is 3. The minimum atomic E-state index is -2.07. The van der Waals surface area contributed by atoms with E-state index in [0.29, 0.717) is 6.41 Å². The zero-order chi connectivity index (χ0) is 21.5. The first-order chi connectivity index (χ1) is 13.3. The van der Waals surface area contributed by atoms with Crippen molar-refractivity contribution in [2.45, 2.75) is 56.1 Å². The normalized spacial score (nSPS) is 16.4. The smallest absolute Gasteiger partial charge is 0.337 e. The average molecular weight is 411 g/mol. The van der Waals surface area contributed by atoms with Crippen LogP contribution >= 0.6 is 0 Å². The molecule has 0 fully saturated rings. The van der Waals surface area contributed by atoms with Gasteiger partial charge >= 0.3 is 11.9 Å². The highest BCUT2D eigenvalue weighted by Crippen LogP contribution is 2.07. The van der Waals surface area contributed by atoms with E-state index in [1.54, 1.807) is 0 Å². The van der Waals surface area contributed by atoms with E-state index in [1.165, 1.54) is 0 Å². The van der Waals surface area contributed by atoms with Crippen molar-refractivity contribution in [3.8, 4) is 0 Å². The van der Waals surface area contributed by atoms with E-state index in [9.17, 15) is 29.7 Å². The van der Waals surface area contributed by atoms with Gasteiger partial charge in [0.05, 0.1) is 24.9 Å². The molecule has 164 valence electrons. The van der Waals surface area contributed by atoms with E-state index >= 15 is 0 Å². The summed E-state index contributed by atoms with van der Waals surface area (Å²) >= 11 is 0. The van der Waals surface area contributed by atoms with Crippen molar-refractivity contribution in [1.82, 2.24) is 5.32 Å². The summed E-state index contributed by atoms with van der Waals surface area (Å²) in [6.45, 7) is -1.69. The van der Waals surface area contributed by atoms with Gasteiger partial charge in [-0.2, -0.15) is 0 Å². The molecule has 0 aliphatic carbocycles.